The number of carbonyl (C=O) groups is 9. The maximum atomic E-state index is 15.2. The van der Waals surface area contributed by atoms with Gasteiger partial charge < -0.3 is 51.2 Å². The standard InChI is InChI=1S/C68H89N9O11/c1-39(69-12)57(78)73-55(66(3,4)5)63(84)77-38-47(36-54(77)61(82)72-52-27-19-23-42-21-15-17-25-50(42)52)70-59(80)43-28-30-44(31-29-43)64(85)87-48-33-32-45-35-53(60(81)71-51-26-18-22-41-20-14-16-24-49(41)51)76(37-46(45)34-48)62(83)56(67(6,7)8)74-58(79)40(2)75(13)65(86)88-68(9,10)11/h14-17,20-21,24-25,28-34,39-40,47,51-56,69H,18-19,22-23,26-27,35-38H2,1-13H3,(H,70,80)(H,71,81)(H,72,82)(H,73,78)(H,74,79)/t39-,40-,47?,51?,52?,53-,54-,55+,56+/m0/s1. The zero-order valence-electron chi connectivity index (χ0n) is 53.3. The summed E-state index contributed by atoms with van der Waals surface area (Å²) in [4.78, 5) is 131. The molecular weight excluding hydrogens is 1120 g/mol. The molecule has 20 nitrogen and oxygen atoms in total. The SMILES string of the molecule is CN[C@@H](C)C(=O)N[C@H](C(=O)N1CC(NC(=O)c2ccc(C(=O)Oc3ccc4c(c3)CN(C(=O)[C@@H](NC(=O)[C@H](C)N(C)C(=O)OC(C)(C)C)C(C)(C)C)[C@H](C(=O)NC3CCCc5ccccc53)C4)cc2)C[C@H]1C(=O)NC1CCCc2ccccc21)C(C)(C)C. The number of nitrogens with zero attached hydrogens (tertiary/aromatic N) is 3. The van der Waals surface area contributed by atoms with Crippen LogP contribution >= 0.6 is 0 Å². The summed E-state index contributed by atoms with van der Waals surface area (Å²) < 4.78 is 11.4. The highest BCUT2D eigenvalue weighted by Gasteiger charge is 2.47. The van der Waals surface area contributed by atoms with E-state index in [-0.39, 0.29) is 72.6 Å². The molecule has 0 spiro atoms. The number of benzene rings is 4. The number of fused-ring (bicyclic) bond motifs is 3. The predicted octanol–water partition coefficient (Wildman–Crippen LogP) is 7.17. The van der Waals surface area contributed by atoms with E-state index in [0.717, 1.165) is 66.3 Å². The summed E-state index contributed by atoms with van der Waals surface area (Å²) in [5, 5.41) is 18.2. The average molecular weight is 1210 g/mol. The van der Waals surface area contributed by atoms with Crippen molar-refractivity contribution in [3.05, 3.63) is 136 Å². The first-order valence-corrected chi connectivity index (χ1v) is 30.8. The van der Waals surface area contributed by atoms with Crippen molar-refractivity contribution in [1.29, 1.82) is 0 Å². The van der Waals surface area contributed by atoms with Gasteiger partial charge in [0, 0.05) is 38.2 Å². The summed E-state index contributed by atoms with van der Waals surface area (Å²) >= 11 is 0. The van der Waals surface area contributed by atoms with Gasteiger partial charge in [-0.1, -0.05) is 96.1 Å². The number of esters is 1. The van der Waals surface area contributed by atoms with Crippen molar-refractivity contribution in [3.8, 4) is 5.75 Å². The van der Waals surface area contributed by atoms with Crippen molar-refractivity contribution in [2.75, 3.05) is 20.6 Å². The number of rotatable bonds is 16. The van der Waals surface area contributed by atoms with Crippen molar-refractivity contribution in [2.45, 2.75) is 194 Å². The van der Waals surface area contributed by atoms with Gasteiger partial charge in [0.25, 0.3) is 5.91 Å². The highest BCUT2D eigenvalue weighted by atomic mass is 16.6. The number of likely N-dealkylation sites (tertiary alicyclic amines) is 1. The molecule has 1 fully saturated rings. The van der Waals surface area contributed by atoms with Gasteiger partial charge in [0.1, 0.15) is 41.6 Å². The lowest BCUT2D eigenvalue weighted by Gasteiger charge is -2.42. The van der Waals surface area contributed by atoms with Crippen LogP contribution in [0.3, 0.4) is 0 Å². The van der Waals surface area contributed by atoms with E-state index >= 15 is 4.79 Å². The summed E-state index contributed by atoms with van der Waals surface area (Å²) in [5.74, 6) is -3.72. The molecule has 2 aliphatic carbocycles. The number of amides is 8. The molecule has 0 saturated carbocycles. The van der Waals surface area contributed by atoms with E-state index in [0.29, 0.717) is 5.56 Å². The van der Waals surface area contributed by atoms with E-state index < -0.39 is 94.4 Å². The molecule has 8 amide bonds. The molecule has 4 aliphatic rings. The minimum atomic E-state index is -1.15. The van der Waals surface area contributed by atoms with Gasteiger partial charge in [-0.3, -0.25) is 38.5 Å². The van der Waals surface area contributed by atoms with E-state index in [1.807, 2.05) is 77.9 Å². The largest absolute Gasteiger partial charge is 0.444 e. The molecule has 1 saturated heterocycles. The molecule has 0 aromatic heterocycles. The van der Waals surface area contributed by atoms with Crippen LogP contribution in [0.15, 0.2) is 91.0 Å². The third-order valence-corrected chi connectivity index (χ3v) is 17.3. The number of carbonyl (C=O) groups excluding carboxylic acids is 9. The quantitative estimate of drug-likeness (QED) is 0.0483. The monoisotopic (exact) mass is 1210 g/mol. The van der Waals surface area contributed by atoms with Crippen LogP contribution in [0.5, 0.6) is 5.75 Å². The second-order valence-corrected chi connectivity index (χ2v) is 27.2. The molecule has 20 heteroatoms. The fourth-order valence-electron chi connectivity index (χ4n) is 12.0. The third-order valence-electron chi connectivity index (χ3n) is 17.3. The van der Waals surface area contributed by atoms with Crippen LogP contribution in [0.25, 0.3) is 0 Å². The zero-order valence-corrected chi connectivity index (χ0v) is 53.3. The molecule has 3 unspecified atom stereocenters. The van der Waals surface area contributed by atoms with Crippen LogP contribution in [-0.4, -0.2) is 137 Å². The van der Waals surface area contributed by atoms with Gasteiger partial charge in [-0.2, -0.15) is 0 Å². The molecular formula is C68H89N9O11. The maximum absolute atomic E-state index is 15.2. The number of nitrogens with one attached hydrogen (secondary N) is 6. The molecule has 6 N–H and O–H groups in total. The lowest BCUT2D eigenvalue weighted by atomic mass is 9.83. The summed E-state index contributed by atoms with van der Waals surface area (Å²) in [6.45, 7) is 19.3. The Morgan fingerprint density at radius 1 is 0.602 bits per heavy atom. The summed E-state index contributed by atoms with van der Waals surface area (Å²) in [5.41, 5.74) is 3.64. The second kappa shape index (κ2) is 27.1. The predicted molar refractivity (Wildman–Crippen MR) is 333 cm³/mol. The topological polar surface area (TPSA) is 254 Å². The third kappa shape index (κ3) is 15.6. The van der Waals surface area contributed by atoms with Crippen molar-refractivity contribution < 1.29 is 52.6 Å². The Bertz CT molecular complexity index is 3290. The van der Waals surface area contributed by atoms with Crippen molar-refractivity contribution in [2.24, 2.45) is 10.8 Å². The molecule has 0 bridgehead atoms. The smallest absolute Gasteiger partial charge is 0.410 e. The first-order chi connectivity index (χ1) is 41.4. The van der Waals surface area contributed by atoms with E-state index in [1.165, 1.54) is 46.0 Å². The van der Waals surface area contributed by atoms with Crippen LogP contribution in [-0.2, 0) is 59.3 Å². The normalized spacial score (nSPS) is 20.4. The van der Waals surface area contributed by atoms with E-state index in [1.54, 1.807) is 59.9 Å². The van der Waals surface area contributed by atoms with E-state index in [2.05, 4.69) is 44.0 Å². The Morgan fingerprint density at radius 2 is 1.12 bits per heavy atom. The fraction of sp³-hybridized carbons (Fsp3) is 0.515. The molecule has 8 rings (SSSR count). The van der Waals surface area contributed by atoms with Crippen LogP contribution in [0, 0.1) is 10.8 Å². The summed E-state index contributed by atoms with van der Waals surface area (Å²) in [6, 6.07) is 20.0. The maximum Gasteiger partial charge on any atom is 0.410 e. The molecule has 88 heavy (non-hydrogen) atoms. The molecule has 4 aromatic carbocycles. The van der Waals surface area contributed by atoms with Gasteiger partial charge in [-0.15, -0.1) is 0 Å². The van der Waals surface area contributed by atoms with Crippen molar-refractivity contribution in [1.82, 2.24) is 46.6 Å². The number of hydrogen-bond acceptors (Lipinski definition) is 12. The lowest BCUT2D eigenvalue weighted by Crippen LogP contribution is -2.62. The molecule has 4 aromatic rings. The first-order valence-electron chi connectivity index (χ1n) is 30.8. The molecule has 2 aliphatic heterocycles. The van der Waals surface area contributed by atoms with Gasteiger partial charge in [-0.05, 0) is 167 Å². The minimum absolute atomic E-state index is 0.00337. The van der Waals surface area contributed by atoms with Gasteiger partial charge in [-0.25, -0.2) is 9.59 Å². The Labute approximate surface area is 517 Å². The van der Waals surface area contributed by atoms with Gasteiger partial charge >= 0.3 is 12.1 Å². The van der Waals surface area contributed by atoms with E-state index in [4.69, 9.17) is 9.47 Å². The van der Waals surface area contributed by atoms with Crippen molar-refractivity contribution >= 4 is 53.4 Å². The summed E-state index contributed by atoms with van der Waals surface area (Å²) in [6.07, 6.45) is 4.50. The highest BCUT2D eigenvalue weighted by Crippen LogP contribution is 2.35. The van der Waals surface area contributed by atoms with E-state index in [9.17, 15) is 38.4 Å². The Hall–Kier alpha value is -8.13. The number of likely N-dealkylation sites (N-methyl/N-ethyl adjacent to an activating group) is 2. The van der Waals surface area contributed by atoms with Gasteiger partial charge in [0.15, 0.2) is 0 Å². The van der Waals surface area contributed by atoms with Gasteiger partial charge in [0.05, 0.1) is 23.7 Å². The molecule has 472 valence electrons. The van der Waals surface area contributed by atoms with Crippen LogP contribution in [0.4, 0.5) is 4.79 Å². The van der Waals surface area contributed by atoms with Crippen LogP contribution < -0.4 is 36.6 Å². The average Bonchev–Trinajstić information content (AvgIpc) is 1.49. The molecule has 2 heterocycles. The fourth-order valence-corrected chi connectivity index (χ4v) is 12.0. The van der Waals surface area contributed by atoms with Gasteiger partial charge in [0.2, 0.25) is 35.4 Å². The lowest BCUT2D eigenvalue weighted by molar-refractivity contribution is -0.147. The van der Waals surface area contributed by atoms with Crippen LogP contribution in [0.2, 0.25) is 0 Å². The zero-order chi connectivity index (χ0) is 64.2. The number of hydrogen-bond donors (Lipinski definition) is 6. The Morgan fingerprint density at radius 3 is 1.67 bits per heavy atom. The second-order valence-electron chi connectivity index (χ2n) is 27.2. The Balaban J connectivity index is 0.983. The minimum Gasteiger partial charge on any atom is -0.444 e. The number of ether oxygens (including phenoxy) is 2. The molecule has 9 atom stereocenters. The number of aryl methyl sites for hydroxylation is 2. The van der Waals surface area contributed by atoms with Crippen LogP contribution in [0.1, 0.15) is 174 Å². The highest BCUT2D eigenvalue weighted by molar-refractivity contribution is 5.98. The summed E-state index contributed by atoms with van der Waals surface area (Å²) in [7, 11) is 3.10. The Kier molecular flexibility index (Phi) is 20.3. The molecule has 0 radical (unpaired) electrons. The van der Waals surface area contributed by atoms with Crippen molar-refractivity contribution in [3.63, 3.8) is 0 Å². The first kappa shape index (κ1) is 65.8.